The first kappa shape index (κ1) is 32.3. The van der Waals surface area contributed by atoms with Gasteiger partial charge >= 0.3 is 5.97 Å². The molecule has 1 aliphatic heterocycles. The van der Waals surface area contributed by atoms with Gasteiger partial charge in [-0.2, -0.15) is 0 Å². The van der Waals surface area contributed by atoms with Crippen molar-refractivity contribution >= 4 is 17.4 Å². The number of carbonyl (C=O) groups excluding carboxylic acids is 1. The van der Waals surface area contributed by atoms with E-state index in [1.807, 2.05) is 11.0 Å². The number of amides is 1. The minimum absolute atomic E-state index is 0.123. The van der Waals surface area contributed by atoms with Gasteiger partial charge in [0, 0.05) is 32.6 Å². The third-order valence-corrected chi connectivity index (χ3v) is 15.8. The van der Waals surface area contributed by atoms with E-state index in [-0.39, 0.29) is 16.4 Å². The summed E-state index contributed by atoms with van der Waals surface area (Å²) in [6.45, 7) is 16.5. The van der Waals surface area contributed by atoms with Crippen LogP contribution in [0.4, 0.5) is 4.39 Å². The first-order valence-electron chi connectivity index (χ1n) is 18.5. The molecule has 46 heavy (non-hydrogen) atoms. The van der Waals surface area contributed by atoms with Crippen LogP contribution >= 0.6 is 0 Å². The summed E-state index contributed by atoms with van der Waals surface area (Å²) in [4.78, 5) is 25.7. The maximum Gasteiger partial charge on any atom is 0.338 e. The summed E-state index contributed by atoms with van der Waals surface area (Å²) in [5, 5.41) is 13.3. The number of nitrogens with one attached hydrogen (secondary N) is 1. The number of hydrogen-bond donors (Lipinski definition) is 2. The number of rotatable bonds is 7. The number of benzene rings is 1. The van der Waals surface area contributed by atoms with Crippen molar-refractivity contribution in [2.45, 2.75) is 112 Å². The van der Waals surface area contributed by atoms with E-state index in [9.17, 15) is 19.1 Å². The Labute approximate surface area is 276 Å². The number of likely N-dealkylation sites (tertiary alicyclic amines) is 1. The molecule has 5 nitrogen and oxygen atoms in total. The fourth-order valence-corrected chi connectivity index (χ4v) is 13.5. The molecule has 1 amide bonds. The molecule has 1 saturated heterocycles. The summed E-state index contributed by atoms with van der Waals surface area (Å²) >= 11 is 0. The van der Waals surface area contributed by atoms with Gasteiger partial charge in [0.2, 0.25) is 5.91 Å². The average molecular weight is 633 g/mol. The van der Waals surface area contributed by atoms with E-state index >= 15 is 0 Å². The van der Waals surface area contributed by atoms with Gasteiger partial charge in [0.1, 0.15) is 5.82 Å². The van der Waals surface area contributed by atoms with E-state index in [0.29, 0.717) is 34.0 Å². The fourth-order valence-electron chi connectivity index (χ4n) is 13.5. The maximum atomic E-state index is 14.8. The second-order valence-electron chi connectivity index (χ2n) is 17.7. The van der Waals surface area contributed by atoms with Crippen molar-refractivity contribution in [3.8, 4) is 0 Å². The SMILES string of the molecule is CC1(C)C(c2ccc(C(=O)O)c(F)c2)=CCC2(C)C1CCC1(C)C2CCC2C3CCCC3(CNCCN3CCCC3=O)CC[C@]21C. The smallest absolute Gasteiger partial charge is 0.338 e. The quantitative estimate of drug-likeness (QED) is 0.296. The van der Waals surface area contributed by atoms with E-state index in [1.165, 1.54) is 75.5 Å². The molecule has 6 heteroatoms. The number of halogens is 1. The Kier molecular flexibility index (Phi) is 7.85. The molecule has 4 saturated carbocycles. The van der Waals surface area contributed by atoms with Crippen molar-refractivity contribution in [3.05, 3.63) is 41.2 Å². The van der Waals surface area contributed by atoms with Gasteiger partial charge in [-0.1, -0.05) is 53.2 Å². The number of hydrogen-bond acceptors (Lipinski definition) is 3. The van der Waals surface area contributed by atoms with Crippen LogP contribution < -0.4 is 5.32 Å². The molecule has 0 bridgehead atoms. The van der Waals surface area contributed by atoms with Crippen molar-refractivity contribution < 1.29 is 19.1 Å². The Morgan fingerprint density at radius 2 is 1.76 bits per heavy atom. The molecule has 6 aliphatic rings. The standard InChI is InChI=1S/C40H57FN2O3/c1-36(2)28(26-10-11-27(35(45)46)31(41)24-26)14-17-37(3)32(36)15-18-39(5)33(37)13-12-29-30-8-6-16-40(30,20-19-38(29,39)4)25-42-21-23-43-22-7-9-34(43)44/h10-11,14,24,29-30,32-33,42H,6-9,12-13,15-23,25H2,1-5H3,(H,45,46)/t29?,30?,32?,33?,37?,38-,39?,40?/m1/s1. The Morgan fingerprint density at radius 3 is 2.48 bits per heavy atom. The van der Waals surface area contributed by atoms with E-state index in [1.54, 1.807) is 0 Å². The summed E-state index contributed by atoms with van der Waals surface area (Å²) in [7, 11) is 0. The summed E-state index contributed by atoms with van der Waals surface area (Å²) in [6, 6.07) is 4.71. The van der Waals surface area contributed by atoms with Crippen LogP contribution in [-0.4, -0.2) is 48.1 Å². The number of aromatic carboxylic acids is 1. The Balaban J connectivity index is 1.11. The Hall–Kier alpha value is -2.21. The molecule has 1 heterocycles. The predicted molar refractivity (Wildman–Crippen MR) is 181 cm³/mol. The van der Waals surface area contributed by atoms with E-state index in [4.69, 9.17) is 0 Å². The normalized spacial score (nSPS) is 41.3. The van der Waals surface area contributed by atoms with Crippen LogP contribution in [0.5, 0.6) is 0 Å². The summed E-state index contributed by atoms with van der Waals surface area (Å²) in [5.74, 6) is 1.22. The van der Waals surface area contributed by atoms with Gasteiger partial charge in [0.15, 0.2) is 0 Å². The van der Waals surface area contributed by atoms with Gasteiger partial charge in [0.05, 0.1) is 5.56 Å². The van der Waals surface area contributed by atoms with Crippen LogP contribution in [0.2, 0.25) is 0 Å². The summed E-state index contributed by atoms with van der Waals surface area (Å²) < 4.78 is 14.8. The van der Waals surface area contributed by atoms with Gasteiger partial charge in [-0.25, -0.2) is 9.18 Å². The fraction of sp³-hybridized carbons (Fsp3) is 0.750. The Morgan fingerprint density at radius 1 is 0.957 bits per heavy atom. The maximum absolute atomic E-state index is 14.8. The van der Waals surface area contributed by atoms with Gasteiger partial charge in [0.25, 0.3) is 0 Å². The van der Waals surface area contributed by atoms with E-state index in [0.717, 1.165) is 62.8 Å². The number of carbonyl (C=O) groups is 2. The van der Waals surface area contributed by atoms with Crippen LogP contribution in [-0.2, 0) is 4.79 Å². The van der Waals surface area contributed by atoms with Gasteiger partial charge < -0.3 is 15.3 Å². The van der Waals surface area contributed by atoms with Crippen LogP contribution in [0, 0.1) is 56.6 Å². The molecule has 7 unspecified atom stereocenters. The number of carboxylic acids is 1. The molecular weight excluding hydrogens is 575 g/mol. The van der Waals surface area contributed by atoms with Crippen molar-refractivity contribution in [1.82, 2.24) is 10.2 Å². The van der Waals surface area contributed by atoms with Crippen molar-refractivity contribution in [2.75, 3.05) is 26.2 Å². The highest BCUT2D eigenvalue weighted by atomic mass is 19.1. The highest BCUT2D eigenvalue weighted by Crippen LogP contribution is 2.77. The molecule has 252 valence electrons. The molecule has 2 N–H and O–H groups in total. The first-order valence-corrected chi connectivity index (χ1v) is 18.5. The molecule has 0 aromatic heterocycles. The second kappa shape index (κ2) is 11.2. The van der Waals surface area contributed by atoms with E-state index < -0.39 is 11.8 Å². The number of allylic oxidation sites excluding steroid dienone is 2. The second-order valence-corrected chi connectivity index (χ2v) is 17.7. The molecular formula is C40H57FN2O3. The number of fused-ring (bicyclic) bond motifs is 7. The zero-order chi connectivity index (χ0) is 32.7. The number of carboxylic acid groups (broad SMARTS) is 1. The third kappa shape index (κ3) is 4.61. The zero-order valence-electron chi connectivity index (χ0n) is 29.0. The lowest BCUT2D eigenvalue weighted by Crippen LogP contribution is -2.65. The van der Waals surface area contributed by atoms with Crippen LogP contribution in [0.15, 0.2) is 24.3 Å². The lowest BCUT2D eigenvalue weighted by Gasteiger charge is -2.72. The molecule has 8 atom stereocenters. The van der Waals surface area contributed by atoms with E-state index in [2.05, 4.69) is 46.0 Å². The van der Waals surface area contributed by atoms with Crippen LogP contribution in [0.1, 0.15) is 128 Å². The van der Waals surface area contributed by atoms with Crippen molar-refractivity contribution in [1.29, 1.82) is 0 Å². The van der Waals surface area contributed by atoms with Crippen molar-refractivity contribution in [2.24, 2.45) is 50.7 Å². The molecule has 5 fully saturated rings. The third-order valence-electron chi connectivity index (χ3n) is 15.8. The summed E-state index contributed by atoms with van der Waals surface area (Å²) in [5.41, 5.74) is 2.89. The minimum Gasteiger partial charge on any atom is -0.478 e. The Bertz CT molecular complexity index is 1440. The van der Waals surface area contributed by atoms with Gasteiger partial charge in [-0.15, -0.1) is 0 Å². The molecule has 5 aliphatic carbocycles. The molecule has 7 rings (SSSR count). The lowest BCUT2D eigenvalue weighted by molar-refractivity contribution is -0.222. The van der Waals surface area contributed by atoms with Crippen LogP contribution in [0.3, 0.4) is 0 Å². The first-order chi connectivity index (χ1) is 21.8. The molecule has 1 aromatic carbocycles. The topological polar surface area (TPSA) is 69.6 Å². The predicted octanol–water partition coefficient (Wildman–Crippen LogP) is 8.58. The molecule has 1 aromatic rings. The highest BCUT2D eigenvalue weighted by Gasteiger charge is 2.69. The monoisotopic (exact) mass is 632 g/mol. The lowest BCUT2D eigenvalue weighted by atomic mass is 9.32. The number of nitrogens with zero attached hydrogens (tertiary/aromatic N) is 1. The average Bonchev–Trinajstić information content (AvgIpc) is 3.61. The largest absolute Gasteiger partial charge is 0.478 e. The minimum atomic E-state index is -1.21. The van der Waals surface area contributed by atoms with Crippen LogP contribution in [0.25, 0.3) is 5.57 Å². The van der Waals surface area contributed by atoms with Crippen molar-refractivity contribution in [3.63, 3.8) is 0 Å². The summed E-state index contributed by atoms with van der Waals surface area (Å²) in [6.07, 6.45) is 17.0. The highest BCUT2D eigenvalue weighted by molar-refractivity contribution is 5.88. The molecule has 0 spiro atoms. The zero-order valence-corrected chi connectivity index (χ0v) is 29.0. The molecule has 0 radical (unpaired) electrons. The van der Waals surface area contributed by atoms with Gasteiger partial charge in [-0.05, 0) is 138 Å². The van der Waals surface area contributed by atoms with Gasteiger partial charge in [-0.3, -0.25) is 4.79 Å².